The molecule has 0 fully saturated rings. The number of nitrogens with zero attached hydrogens (tertiary/aromatic N) is 1. The molecule has 2 aromatic rings. The predicted octanol–water partition coefficient (Wildman–Crippen LogP) is 3.47. The van der Waals surface area contributed by atoms with E-state index in [1.807, 2.05) is 6.07 Å². The van der Waals surface area contributed by atoms with Crippen molar-refractivity contribution in [2.75, 3.05) is 11.9 Å². The second-order valence-electron chi connectivity index (χ2n) is 6.56. The van der Waals surface area contributed by atoms with Gasteiger partial charge in [-0.25, -0.2) is 13.2 Å². The van der Waals surface area contributed by atoms with Crippen molar-refractivity contribution < 1.29 is 22.7 Å². The average molecular weight is 435 g/mol. The van der Waals surface area contributed by atoms with Crippen LogP contribution in [-0.2, 0) is 25.8 Å². The minimum atomic E-state index is -3.37. The quantitative estimate of drug-likeness (QED) is 0.668. The van der Waals surface area contributed by atoms with Crippen LogP contribution < -0.4 is 5.32 Å². The molecule has 1 amide bonds. The minimum absolute atomic E-state index is 0.00143. The fraction of sp³-hybridized carbons (Fsp3) is 0.350. The van der Waals surface area contributed by atoms with Crippen LogP contribution >= 0.6 is 11.3 Å². The van der Waals surface area contributed by atoms with Crippen LogP contribution in [0.1, 0.15) is 47.1 Å². The maximum Gasteiger partial charge on any atom is 0.348 e. The zero-order valence-corrected chi connectivity index (χ0v) is 18.2. The molecule has 2 rings (SSSR count). The number of carbonyl (C=O) groups excluding carboxylic acids is 2. The van der Waals surface area contributed by atoms with Gasteiger partial charge in [0.05, 0.1) is 28.7 Å². The number of rotatable bonds is 7. The molecular weight excluding hydrogens is 412 g/mol. The standard InChI is InChI=1S/C20H22N2O5S2/c1-5-27-20(24)18-13(4)16(11-21)19(28-18)22-17(23)10-14-6-8-15(9-7-14)29(25,26)12(2)3/h6-9,12H,5,10H2,1-4H3,(H,22,23). The lowest BCUT2D eigenvalue weighted by Crippen LogP contribution is -2.15. The maximum atomic E-state index is 12.4. The Kier molecular flexibility index (Phi) is 7.16. The Balaban J connectivity index is 2.17. The fourth-order valence-corrected chi connectivity index (χ4v) is 4.68. The van der Waals surface area contributed by atoms with E-state index in [1.54, 1.807) is 39.8 Å². The van der Waals surface area contributed by atoms with E-state index in [0.29, 0.717) is 11.1 Å². The largest absolute Gasteiger partial charge is 0.462 e. The molecule has 0 aliphatic carbocycles. The van der Waals surface area contributed by atoms with Gasteiger partial charge in [-0.3, -0.25) is 4.79 Å². The summed E-state index contributed by atoms with van der Waals surface area (Å²) in [4.78, 5) is 24.9. The van der Waals surface area contributed by atoms with Gasteiger partial charge in [-0.1, -0.05) is 12.1 Å². The summed E-state index contributed by atoms with van der Waals surface area (Å²) in [5, 5.41) is 11.8. The predicted molar refractivity (Wildman–Crippen MR) is 111 cm³/mol. The van der Waals surface area contributed by atoms with Crippen LogP contribution in [0.3, 0.4) is 0 Å². The molecule has 0 radical (unpaired) electrons. The van der Waals surface area contributed by atoms with Crippen molar-refractivity contribution in [3.63, 3.8) is 0 Å². The highest BCUT2D eigenvalue weighted by molar-refractivity contribution is 7.92. The number of sulfone groups is 1. The molecule has 0 atom stereocenters. The zero-order valence-electron chi connectivity index (χ0n) is 16.6. The van der Waals surface area contributed by atoms with Gasteiger partial charge in [0, 0.05) is 0 Å². The van der Waals surface area contributed by atoms with Gasteiger partial charge in [0.2, 0.25) is 5.91 Å². The maximum absolute atomic E-state index is 12.4. The second-order valence-corrected chi connectivity index (χ2v) is 10.1. The van der Waals surface area contributed by atoms with Gasteiger partial charge in [-0.05, 0) is 51.0 Å². The fourth-order valence-electron chi connectivity index (χ4n) is 2.55. The smallest absolute Gasteiger partial charge is 0.348 e. The average Bonchev–Trinajstić information content (AvgIpc) is 2.97. The van der Waals surface area contributed by atoms with E-state index in [1.165, 1.54) is 12.1 Å². The van der Waals surface area contributed by atoms with Gasteiger partial charge in [-0.15, -0.1) is 11.3 Å². The highest BCUT2D eigenvalue weighted by Gasteiger charge is 2.22. The topological polar surface area (TPSA) is 113 Å². The van der Waals surface area contributed by atoms with Crippen LogP contribution in [0.2, 0.25) is 0 Å². The summed E-state index contributed by atoms with van der Waals surface area (Å²) >= 11 is 0.998. The van der Waals surface area contributed by atoms with Gasteiger partial charge in [-0.2, -0.15) is 5.26 Å². The number of esters is 1. The lowest BCUT2D eigenvalue weighted by molar-refractivity contribution is -0.115. The molecule has 0 aliphatic rings. The molecule has 1 aromatic carbocycles. The van der Waals surface area contributed by atoms with E-state index < -0.39 is 21.1 Å². The normalized spacial score (nSPS) is 11.2. The number of hydrogen-bond acceptors (Lipinski definition) is 7. The molecule has 0 unspecified atom stereocenters. The van der Waals surface area contributed by atoms with Crippen molar-refractivity contribution in [2.24, 2.45) is 0 Å². The van der Waals surface area contributed by atoms with Crippen molar-refractivity contribution in [3.8, 4) is 6.07 Å². The lowest BCUT2D eigenvalue weighted by atomic mass is 10.1. The van der Waals surface area contributed by atoms with Gasteiger partial charge < -0.3 is 10.1 Å². The Labute approximate surface area is 174 Å². The van der Waals surface area contributed by atoms with E-state index in [2.05, 4.69) is 5.32 Å². The molecule has 1 heterocycles. The van der Waals surface area contributed by atoms with Gasteiger partial charge >= 0.3 is 5.97 Å². The Morgan fingerprint density at radius 3 is 2.38 bits per heavy atom. The van der Waals surface area contributed by atoms with E-state index in [4.69, 9.17) is 4.74 Å². The summed E-state index contributed by atoms with van der Waals surface area (Å²) in [5.41, 5.74) is 1.32. The van der Waals surface area contributed by atoms with Crippen LogP contribution in [0.5, 0.6) is 0 Å². The number of carbonyl (C=O) groups is 2. The van der Waals surface area contributed by atoms with Gasteiger partial charge in [0.25, 0.3) is 0 Å². The summed E-state index contributed by atoms with van der Waals surface area (Å²) in [6, 6.07) is 8.14. The molecule has 0 aliphatic heterocycles. The number of ether oxygens (including phenoxy) is 1. The van der Waals surface area contributed by atoms with Crippen molar-refractivity contribution in [3.05, 3.63) is 45.8 Å². The second kappa shape index (κ2) is 9.20. The third-order valence-corrected chi connectivity index (χ3v) is 7.57. The van der Waals surface area contributed by atoms with E-state index in [-0.39, 0.29) is 39.3 Å². The third-order valence-electron chi connectivity index (χ3n) is 4.21. The highest BCUT2D eigenvalue weighted by atomic mass is 32.2. The number of nitriles is 1. The molecule has 0 saturated heterocycles. The first-order valence-electron chi connectivity index (χ1n) is 8.95. The Bertz CT molecular complexity index is 1060. The Hall–Kier alpha value is -2.70. The van der Waals surface area contributed by atoms with E-state index >= 15 is 0 Å². The van der Waals surface area contributed by atoms with Crippen LogP contribution in [0, 0.1) is 18.3 Å². The Morgan fingerprint density at radius 1 is 1.24 bits per heavy atom. The van der Waals surface area contributed by atoms with Crippen LogP contribution in [0.15, 0.2) is 29.2 Å². The molecule has 7 nitrogen and oxygen atoms in total. The highest BCUT2D eigenvalue weighted by Crippen LogP contribution is 2.33. The van der Waals surface area contributed by atoms with Gasteiger partial charge in [0.15, 0.2) is 9.84 Å². The summed E-state index contributed by atoms with van der Waals surface area (Å²) in [6.45, 7) is 6.74. The number of benzene rings is 1. The Morgan fingerprint density at radius 2 is 1.86 bits per heavy atom. The first kappa shape index (κ1) is 22.6. The lowest BCUT2D eigenvalue weighted by Gasteiger charge is -2.09. The molecule has 0 saturated carbocycles. The van der Waals surface area contributed by atoms with E-state index in [0.717, 1.165) is 11.3 Å². The van der Waals surface area contributed by atoms with Crippen molar-refractivity contribution in [1.29, 1.82) is 5.26 Å². The SMILES string of the molecule is CCOC(=O)c1sc(NC(=O)Cc2ccc(S(=O)(=O)C(C)C)cc2)c(C#N)c1C. The summed E-state index contributed by atoms with van der Waals surface area (Å²) in [6.07, 6.45) is -0.00143. The van der Waals surface area contributed by atoms with Crippen molar-refractivity contribution >= 4 is 38.1 Å². The monoisotopic (exact) mass is 434 g/mol. The number of thiophene rings is 1. The van der Waals surface area contributed by atoms with Crippen molar-refractivity contribution in [2.45, 2.75) is 44.3 Å². The van der Waals surface area contributed by atoms with Crippen LogP contribution in [0.25, 0.3) is 0 Å². The molecule has 29 heavy (non-hydrogen) atoms. The molecule has 0 spiro atoms. The number of hydrogen-bond donors (Lipinski definition) is 1. The number of nitrogens with one attached hydrogen (secondary N) is 1. The molecule has 9 heteroatoms. The van der Waals surface area contributed by atoms with Gasteiger partial charge in [0.1, 0.15) is 15.9 Å². The zero-order chi connectivity index (χ0) is 21.8. The van der Waals surface area contributed by atoms with E-state index in [9.17, 15) is 23.3 Å². The van der Waals surface area contributed by atoms with Crippen LogP contribution in [-0.4, -0.2) is 32.2 Å². The molecule has 1 N–H and O–H groups in total. The molecule has 0 bridgehead atoms. The minimum Gasteiger partial charge on any atom is -0.462 e. The molecule has 154 valence electrons. The van der Waals surface area contributed by atoms with Crippen LogP contribution in [0.4, 0.5) is 5.00 Å². The molecular formula is C20H22N2O5S2. The molecule has 1 aromatic heterocycles. The number of anilines is 1. The summed E-state index contributed by atoms with van der Waals surface area (Å²) in [5.74, 6) is -0.911. The third kappa shape index (κ3) is 5.02. The first-order chi connectivity index (χ1) is 13.6. The summed E-state index contributed by atoms with van der Waals surface area (Å²) in [7, 11) is -3.37. The summed E-state index contributed by atoms with van der Waals surface area (Å²) < 4.78 is 29.3. The number of amides is 1. The first-order valence-corrected chi connectivity index (χ1v) is 11.3. The van der Waals surface area contributed by atoms with Crippen molar-refractivity contribution in [1.82, 2.24) is 0 Å².